The fourth-order valence-electron chi connectivity index (χ4n) is 3.09. The monoisotopic (exact) mass is 358 g/mol. The number of hydrogen-bond donors (Lipinski definition) is 1. The van der Waals surface area contributed by atoms with Crippen LogP contribution in [0.4, 0.5) is 0 Å². The van der Waals surface area contributed by atoms with Crippen LogP contribution in [0.2, 0.25) is 0 Å². The maximum absolute atomic E-state index is 9.52. The maximum atomic E-state index is 9.52. The van der Waals surface area contributed by atoms with E-state index >= 15 is 0 Å². The molecule has 0 aromatic heterocycles. The van der Waals surface area contributed by atoms with E-state index in [4.69, 9.17) is 18.9 Å². The van der Waals surface area contributed by atoms with E-state index in [0.29, 0.717) is 19.6 Å². The molecule has 0 aliphatic carbocycles. The normalized spacial score (nSPS) is 25.9. The Morgan fingerprint density at radius 3 is 2.04 bits per heavy atom. The highest BCUT2D eigenvalue weighted by Crippen LogP contribution is 2.27. The van der Waals surface area contributed by atoms with Crippen LogP contribution >= 0.6 is 0 Å². The highest BCUT2D eigenvalue weighted by Gasteiger charge is 2.40. The number of rotatable bonds is 8. The van der Waals surface area contributed by atoms with Crippen LogP contribution < -0.4 is 0 Å². The van der Waals surface area contributed by atoms with Crippen LogP contribution in [0.5, 0.6) is 0 Å². The molecule has 1 N–H and O–H groups in total. The van der Waals surface area contributed by atoms with E-state index in [-0.39, 0.29) is 24.9 Å². The lowest BCUT2D eigenvalue weighted by Gasteiger charge is -2.40. The molecule has 1 aliphatic heterocycles. The van der Waals surface area contributed by atoms with Crippen LogP contribution in [0, 0.1) is 0 Å². The van der Waals surface area contributed by atoms with Crippen molar-refractivity contribution in [3.05, 3.63) is 71.8 Å². The molecule has 1 fully saturated rings. The Morgan fingerprint density at radius 1 is 0.923 bits per heavy atom. The number of hydrogen-bond acceptors (Lipinski definition) is 5. The van der Waals surface area contributed by atoms with E-state index in [9.17, 15) is 5.11 Å². The van der Waals surface area contributed by atoms with Gasteiger partial charge < -0.3 is 24.1 Å². The largest absolute Gasteiger partial charge is 0.394 e. The van der Waals surface area contributed by atoms with Crippen LogP contribution in [0.25, 0.3) is 0 Å². The average molecular weight is 358 g/mol. The van der Waals surface area contributed by atoms with Gasteiger partial charge in [0.1, 0.15) is 6.10 Å². The number of benzene rings is 2. The van der Waals surface area contributed by atoms with Crippen molar-refractivity contribution >= 4 is 0 Å². The van der Waals surface area contributed by atoms with Gasteiger partial charge in [-0.25, -0.2) is 0 Å². The quantitative estimate of drug-likeness (QED) is 0.786. The van der Waals surface area contributed by atoms with Crippen LogP contribution in [0.1, 0.15) is 17.5 Å². The molecule has 0 spiro atoms. The lowest BCUT2D eigenvalue weighted by molar-refractivity contribution is -0.284. The smallest absolute Gasteiger partial charge is 0.186 e. The Bertz CT molecular complexity index is 633. The zero-order valence-electron chi connectivity index (χ0n) is 15.0. The number of ether oxygens (including phenoxy) is 4. The molecule has 2 aromatic carbocycles. The summed E-state index contributed by atoms with van der Waals surface area (Å²) in [4.78, 5) is 0. The number of aliphatic hydroxyl groups excluding tert-OH is 1. The third-order valence-electron chi connectivity index (χ3n) is 4.48. The van der Waals surface area contributed by atoms with Gasteiger partial charge in [-0.15, -0.1) is 0 Å². The van der Waals surface area contributed by atoms with Gasteiger partial charge in [0.25, 0.3) is 0 Å². The first-order chi connectivity index (χ1) is 12.8. The third kappa shape index (κ3) is 5.13. The van der Waals surface area contributed by atoms with Crippen LogP contribution in [-0.2, 0) is 32.2 Å². The van der Waals surface area contributed by atoms with Gasteiger partial charge in [-0.05, 0) is 11.1 Å². The molecule has 4 atom stereocenters. The van der Waals surface area contributed by atoms with Crippen molar-refractivity contribution in [1.29, 1.82) is 0 Å². The highest BCUT2D eigenvalue weighted by atomic mass is 16.7. The number of methoxy groups -OCH3 is 1. The van der Waals surface area contributed by atoms with Crippen molar-refractivity contribution in [3.63, 3.8) is 0 Å². The third-order valence-corrected chi connectivity index (χ3v) is 4.48. The predicted octanol–water partition coefficient (Wildman–Crippen LogP) is 2.91. The standard InChI is InChI=1S/C21H26O5/c1-23-21-20(25-15-17-10-6-3-7-11-17)19(12-18(13-22)26-21)24-14-16-8-4-2-5-9-16/h2-11,18-22H,12-15H2,1H3/t18-,19-,20+,21+/m0/s1. The van der Waals surface area contributed by atoms with E-state index in [2.05, 4.69) is 0 Å². The lowest BCUT2D eigenvalue weighted by atomic mass is 10.0. The van der Waals surface area contributed by atoms with Gasteiger partial charge in [-0.2, -0.15) is 0 Å². The van der Waals surface area contributed by atoms with Crippen molar-refractivity contribution in [2.75, 3.05) is 13.7 Å². The summed E-state index contributed by atoms with van der Waals surface area (Å²) in [7, 11) is 1.58. The van der Waals surface area contributed by atoms with Gasteiger partial charge in [0.2, 0.25) is 0 Å². The topological polar surface area (TPSA) is 57.2 Å². The molecule has 5 nitrogen and oxygen atoms in total. The minimum Gasteiger partial charge on any atom is -0.394 e. The van der Waals surface area contributed by atoms with Crippen molar-refractivity contribution < 1.29 is 24.1 Å². The molecule has 0 unspecified atom stereocenters. The first-order valence-electron chi connectivity index (χ1n) is 8.90. The molecule has 5 heteroatoms. The average Bonchev–Trinajstić information content (AvgIpc) is 2.72. The summed E-state index contributed by atoms with van der Waals surface area (Å²) < 4.78 is 23.5. The molecule has 3 rings (SSSR count). The Kier molecular flexibility index (Phi) is 7.17. The van der Waals surface area contributed by atoms with Crippen LogP contribution in [0.15, 0.2) is 60.7 Å². The molecule has 0 saturated carbocycles. The molecule has 0 amide bonds. The minimum absolute atomic E-state index is 0.0730. The molecule has 1 saturated heterocycles. The van der Waals surface area contributed by atoms with Gasteiger partial charge >= 0.3 is 0 Å². The minimum atomic E-state index is -0.578. The summed E-state index contributed by atoms with van der Waals surface area (Å²) in [6.45, 7) is 0.853. The zero-order valence-corrected chi connectivity index (χ0v) is 15.0. The van der Waals surface area contributed by atoms with Gasteiger partial charge in [0.15, 0.2) is 6.29 Å². The lowest BCUT2D eigenvalue weighted by Crippen LogP contribution is -2.52. The van der Waals surface area contributed by atoms with Crippen molar-refractivity contribution in [2.45, 2.75) is 44.2 Å². The summed E-state index contributed by atoms with van der Waals surface area (Å²) in [6.07, 6.45) is -0.938. The fourth-order valence-corrected chi connectivity index (χ4v) is 3.09. The Morgan fingerprint density at radius 2 is 1.50 bits per heavy atom. The van der Waals surface area contributed by atoms with Crippen LogP contribution in [-0.4, -0.2) is 43.4 Å². The summed E-state index contributed by atoms with van der Waals surface area (Å²) in [6, 6.07) is 20.0. The molecule has 26 heavy (non-hydrogen) atoms. The molecule has 2 aromatic rings. The number of aliphatic hydroxyl groups is 1. The van der Waals surface area contributed by atoms with E-state index in [1.807, 2.05) is 60.7 Å². The van der Waals surface area contributed by atoms with Crippen LogP contribution in [0.3, 0.4) is 0 Å². The van der Waals surface area contributed by atoms with Gasteiger partial charge in [-0.1, -0.05) is 60.7 Å². The van der Waals surface area contributed by atoms with E-state index in [1.54, 1.807) is 7.11 Å². The summed E-state index contributed by atoms with van der Waals surface area (Å²) >= 11 is 0. The van der Waals surface area contributed by atoms with E-state index in [1.165, 1.54) is 0 Å². The first kappa shape index (κ1) is 19.0. The molecule has 0 bridgehead atoms. The van der Waals surface area contributed by atoms with Crippen molar-refractivity contribution in [1.82, 2.24) is 0 Å². The van der Waals surface area contributed by atoms with Gasteiger partial charge in [0, 0.05) is 13.5 Å². The molecule has 140 valence electrons. The second kappa shape index (κ2) is 9.80. The SMILES string of the molecule is CO[C@@H]1O[C@H](CO)C[C@H](OCc2ccccc2)[C@H]1OCc1ccccc1. The molecule has 1 heterocycles. The highest BCUT2D eigenvalue weighted by molar-refractivity contribution is 5.14. The van der Waals surface area contributed by atoms with Gasteiger partial charge in [0.05, 0.1) is 32.0 Å². The fraction of sp³-hybridized carbons (Fsp3) is 0.429. The maximum Gasteiger partial charge on any atom is 0.186 e. The molecular weight excluding hydrogens is 332 g/mol. The second-order valence-electron chi connectivity index (χ2n) is 6.38. The second-order valence-corrected chi connectivity index (χ2v) is 6.38. The Labute approximate surface area is 154 Å². The molecular formula is C21H26O5. The molecule has 0 radical (unpaired) electrons. The summed E-state index contributed by atoms with van der Waals surface area (Å²) in [5.74, 6) is 0. The first-order valence-corrected chi connectivity index (χ1v) is 8.90. The predicted molar refractivity (Wildman–Crippen MR) is 97.4 cm³/mol. The summed E-state index contributed by atoms with van der Waals surface area (Å²) in [5, 5.41) is 9.52. The van der Waals surface area contributed by atoms with E-state index in [0.717, 1.165) is 11.1 Å². The molecule has 1 aliphatic rings. The summed E-state index contributed by atoms with van der Waals surface area (Å²) in [5.41, 5.74) is 2.17. The van der Waals surface area contributed by atoms with E-state index < -0.39 is 6.29 Å². The zero-order chi connectivity index (χ0) is 18.2. The van der Waals surface area contributed by atoms with Crippen molar-refractivity contribution in [3.8, 4) is 0 Å². The van der Waals surface area contributed by atoms with Gasteiger partial charge in [-0.3, -0.25) is 0 Å². The van der Waals surface area contributed by atoms with Crippen molar-refractivity contribution in [2.24, 2.45) is 0 Å². The Balaban J connectivity index is 1.67. The Hall–Kier alpha value is -1.76.